The molecule has 106 valence electrons. The lowest BCUT2D eigenvalue weighted by Gasteiger charge is -2.21. The quantitative estimate of drug-likeness (QED) is 0.614. The molecule has 2 rings (SSSR count). The summed E-state index contributed by atoms with van der Waals surface area (Å²) in [4.78, 5) is 34.1. The average Bonchev–Trinajstić information content (AvgIpc) is 2.73. The van der Waals surface area contributed by atoms with Gasteiger partial charge in [-0.1, -0.05) is 0 Å². The van der Waals surface area contributed by atoms with E-state index in [2.05, 4.69) is 5.32 Å². The van der Waals surface area contributed by atoms with Gasteiger partial charge in [-0.25, -0.2) is 0 Å². The van der Waals surface area contributed by atoms with Gasteiger partial charge >= 0.3 is 5.97 Å². The standard InChI is InChI=1S/C12H13N3O5/c1-2-14(6-12(17)18)9-5-8-7(4-11(16)13-8)3-10(9)15(19)20/h3,5H,2,4,6H2,1H3,(H,13,16)(H,17,18). The van der Waals surface area contributed by atoms with Crippen LogP contribution in [0.15, 0.2) is 12.1 Å². The Morgan fingerprint density at radius 2 is 2.25 bits per heavy atom. The third kappa shape index (κ3) is 2.53. The first-order valence-electron chi connectivity index (χ1n) is 6.00. The van der Waals surface area contributed by atoms with E-state index in [0.717, 1.165) is 0 Å². The van der Waals surface area contributed by atoms with Gasteiger partial charge in [0.2, 0.25) is 5.91 Å². The molecule has 0 spiro atoms. The fraction of sp³-hybridized carbons (Fsp3) is 0.333. The fourth-order valence-corrected chi connectivity index (χ4v) is 2.18. The van der Waals surface area contributed by atoms with Crippen LogP contribution < -0.4 is 10.2 Å². The molecule has 1 amide bonds. The average molecular weight is 279 g/mol. The molecule has 1 heterocycles. The van der Waals surface area contributed by atoms with Crippen LogP contribution in [0, 0.1) is 10.1 Å². The number of carboxylic acids is 1. The van der Waals surface area contributed by atoms with Gasteiger partial charge in [-0.05, 0) is 18.6 Å². The van der Waals surface area contributed by atoms with Crippen molar-refractivity contribution in [3.05, 3.63) is 27.8 Å². The monoisotopic (exact) mass is 279 g/mol. The second-order valence-corrected chi connectivity index (χ2v) is 4.39. The Bertz CT molecular complexity index is 599. The van der Waals surface area contributed by atoms with Crippen molar-refractivity contribution < 1.29 is 19.6 Å². The Morgan fingerprint density at radius 3 is 2.80 bits per heavy atom. The second-order valence-electron chi connectivity index (χ2n) is 4.39. The molecule has 20 heavy (non-hydrogen) atoms. The number of aliphatic carboxylic acids is 1. The van der Waals surface area contributed by atoms with Crippen molar-refractivity contribution in [2.75, 3.05) is 23.3 Å². The van der Waals surface area contributed by atoms with Crippen LogP contribution in [0.25, 0.3) is 0 Å². The van der Waals surface area contributed by atoms with Gasteiger partial charge in [-0.3, -0.25) is 19.7 Å². The molecule has 0 bridgehead atoms. The van der Waals surface area contributed by atoms with Crippen molar-refractivity contribution in [3.63, 3.8) is 0 Å². The van der Waals surface area contributed by atoms with Crippen molar-refractivity contribution in [2.24, 2.45) is 0 Å². The number of nitrogens with one attached hydrogen (secondary N) is 1. The first kappa shape index (κ1) is 13.8. The van der Waals surface area contributed by atoms with E-state index in [1.54, 1.807) is 6.92 Å². The first-order chi connectivity index (χ1) is 9.42. The normalized spacial score (nSPS) is 12.8. The molecule has 1 aliphatic rings. The Labute approximate surface area is 114 Å². The number of benzene rings is 1. The highest BCUT2D eigenvalue weighted by atomic mass is 16.6. The number of rotatable bonds is 5. The van der Waals surface area contributed by atoms with Gasteiger partial charge in [-0.15, -0.1) is 0 Å². The topological polar surface area (TPSA) is 113 Å². The largest absolute Gasteiger partial charge is 0.480 e. The number of nitrogens with zero attached hydrogens (tertiary/aromatic N) is 2. The van der Waals surface area contributed by atoms with Gasteiger partial charge in [0.15, 0.2) is 0 Å². The van der Waals surface area contributed by atoms with Gasteiger partial charge in [0.1, 0.15) is 12.2 Å². The van der Waals surface area contributed by atoms with Gasteiger partial charge in [0.25, 0.3) is 5.69 Å². The molecule has 0 fully saturated rings. The predicted molar refractivity (Wildman–Crippen MR) is 71.0 cm³/mol. The summed E-state index contributed by atoms with van der Waals surface area (Å²) >= 11 is 0. The molecule has 0 atom stereocenters. The van der Waals surface area contributed by atoms with E-state index in [0.29, 0.717) is 17.8 Å². The van der Waals surface area contributed by atoms with Gasteiger partial charge in [0.05, 0.1) is 11.3 Å². The zero-order chi connectivity index (χ0) is 14.9. The third-order valence-corrected chi connectivity index (χ3v) is 3.07. The summed E-state index contributed by atoms with van der Waals surface area (Å²) in [7, 11) is 0. The molecule has 0 radical (unpaired) electrons. The van der Waals surface area contributed by atoms with Crippen molar-refractivity contribution in [1.82, 2.24) is 0 Å². The summed E-state index contributed by atoms with van der Waals surface area (Å²) in [5, 5.41) is 22.6. The van der Waals surface area contributed by atoms with Crippen LogP contribution in [0.4, 0.5) is 17.1 Å². The third-order valence-electron chi connectivity index (χ3n) is 3.07. The lowest BCUT2D eigenvalue weighted by Crippen LogP contribution is -2.30. The molecule has 8 nitrogen and oxygen atoms in total. The van der Waals surface area contributed by atoms with Crippen molar-refractivity contribution in [3.8, 4) is 0 Å². The minimum atomic E-state index is -1.08. The number of likely N-dealkylation sites (N-methyl/N-ethyl adjacent to an activating group) is 1. The summed E-state index contributed by atoms with van der Waals surface area (Å²) in [6.07, 6.45) is 0.0987. The minimum Gasteiger partial charge on any atom is -0.480 e. The molecule has 1 aromatic rings. The lowest BCUT2D eigenvalue weighted by molar-refractivity contribution is -0.384. The smallest absolute Gasteiger partial charge is 0.323 e. The molecule has 0 unspecified atom stereocenters. The molecular weight excluding hydrogens is 266 g/mol. The highest BCUT2D eigenvalue weighted by Crippen LogP contribution is 2.36. The van der Waals surface area contributed by atoms with E-state index in [-0.39, 0.29) is 30.2 Å². The van der Waals surface area contributed by atoms with Crippen LogP contribution in [0.5, 0.6) is 0 Å². The first-order valence-corrected chi connectivity index (χ1v) is 6.00. The number of hydrogen-bond donors (Lipinski definition) is 2. The van der Waals surface area contributed by atoms with Gasteiger partial charge in [0, 0.05) is 18.3 Å². The van der Waals surface area contributed by atoms with Crippen LogP contribution in [0.1, 0.15) is 12.5 Å². The van der Waals surface area contributed by atoms with Crippen molar-refractivity contribution >= 4 is 28.9 Å². The molecule has 0 aliphatic carbocycles. The maximum atomic E-state index is 11.3. The number of carboxylic acid groups (broad SMARTS) is 1. The Morgan fingerprint density at radius 1 is 1.55 bits per heavy atom. The van der Waals surface area contributed by atoms with E-state index < -0.39 is 10.9 Å². The number of nitro groups is 1. The van der Waals surface area contributed by atoms with Crippen molar-refractivity contribution in [1.29, 1.82) is 0 Å². The number of fused-ring (bicyclic) bond motifs is 1. The summed E-state index contributed by atoms with van der Waals surface area (Å²) in [5.41, 5.74) is 1.06. The maximum absolute atomic E-state index is 11.3. The van der Waals surface area contributed by atoms with E-state index >= 15 is 0 Å². The Hall–Kier alpha value is -2.64. The molecule has 2 N–H and O–H groups in total. The van der Waals surface area contributed by atoms with Gasteiger partial charge in [-0.2, -0.15) is 0 Å². The summed E-state index contributed by atoms with van der Waals surface area (Å²) in [6.45, 7) is 1.67. The fourth-order valence-electron chi connectivity index (χ4n) is 2.18. The number of hydrogen-bond acceptors (Lipinski definition) is 5. The Kier molecular flexibility index (Phi) is 3.55. The van der Waals surface area contributed by atoms with Crippen LogP contribution in [-0.2, 0) is 16.0 Å². The van der Waals surface area contributed by atoms with Crippen LogP contribution in [-0.4, -0.2) is 35.0 Å². The van der Waals surface area contributed by atoms with Crippen LogP contribution in [0.2, 0.25) is 0 Å². The van der Waals surface area contributed by atoms with E-state index in [9.17, 15) is 19.7 Å². The number of carbonyl (C=O) groups is 2. The van der Waals surface area contributed by atoms with Gasteiger partial charge < -0.3 is 15.3 Å². The summed E-state index contributed by atoms with van der Waals surface area (Å²) in [5.74, 6) is -1.31. The zero-order valence-corrected chi connectivity index (χ0v) is 10.8. The predicted octanol–water partition coefficient (Wildman–Crippen LogP) is 1.00. The van der Waals surface area contributed by atoms with Crippen LogP contribution in [0.3, 0.4) is 0 Å². The number of nitro benzene ring substituents is 1. The zero-order valence-electron chi connectivity index (χ0n) is 10.8. The molecule has 1 aromatic carbocycles. The summed E-state index contributed by atoms with van der Waals surface area (Å²) in [6, 6.07) is 2.79. The molecular formula is C12H13N3O5. The molecule has 0 saturated carbocycles. The Balaban J connectivity index is 2.50. The number of anilines is 2. The van der Waals surface area contributed by atoms with E-state index in [1.165, 1.54) is 17.0 Å². The number of carbonyl (C=O) groups excluding carboxylic acids is 1. The minimum absolute atomic E-state index is 0.0987. The van der Waals surface area contributed by atoms with Crippen molar-refractivity contribution in [2.45, 2.75) is 13.3 Å². The molecule has 8 heteroatoms. The SMILES string of the molecule is CCN(CC(=O)O)c1cc2c(cc1[N+](=O)[O-])CC(=O)N2. The van der Waals surface area contributed by atoms with Crippen LogP contribution >= 0.6 is 0 Å². The molecule has 0 aromatic heterocycles. The molecule has 1 aliphatic heterocycles. The van der Waals surface area contributed by atoms with E-state index in [1.807, 2.05) is 0 Å². The highest BCUT2D eigenvalue weighted by molar-refractivity contribution is 6.00. The lowest BCUT2D eigenvalue weighted by atomic mass is 10.1. The maximum Gasteiger partial charge on any atom is 0.323 e. The second kappa shape index (κ2) is 5.16. The number of amides is 1. The van der Waals surface area contributed by atoms with E-state index in [4.69, 9.17) is 5.11 Å². The molecule has 0 saturated heterocycles. The summed E-state index contributed by atoms with van der Waals surface area (Å²) < 4.78 is 0. The highest BCUT2D eigenvalue weighted by Gasteiger charge is 2.27.